The van der Waals surface area contributed by atoms with Crippen molar-refractivity contribution in [2.45, 2.75) is 19.8 Å². The number of amides is 2. The van der Waals surface area contributed by atoms with Crippen LogP contribution in [0.5, 0.6) is 0 Å². The third-order valence-electron chi connectivity index (χ3n) is 2.92. The number of carbonyl (C=O) groups is 3. The van der Waals surface area contributed by atoms with Gasteiger partial charge in [0.05, 0.1) is 9.21 Å². The van der Waals surface area contributed by atoms with E-state index >= 15 is 0 Å². The minimum Gasteiger partial charge on any atom is -0.326 e. The number of hydrogen-bond donors (Lipinski definition) is 2. The molecule has 0 fully saturated rings. The molecule has 0 spiro atoms. The van der Waals surface area contributed by atoms with E-state index in [2.05, 4.69) is 10.6 Å². The lowest BCUT2D eigenvalue weighted by Gasteiger charge is -2.06. The maximum Gasteiger partial charge on any atom is 0.224 e. The van der Waals surface area contributed by atoms with Crippen LogP contribution in [0.4, 0.5) is 11.4 Å². The molecular formula is C16H15ClN2O3S. The molecule has 120 valence electrons. The van der Waals surface area contributed by atoms with Crippen molar-refractivity contribution in [2.24, 2.45) is 0 Å². The van der Waals surface area contributed by atoms with Gasteiger partial charge in [-0.3, -0.25) is 14.4 Å². The summed E-state index contributed by atoms with van der Waals surface area (Å²) in [6.45, 7) is 1.42. The first kappa shape index (κ1) is 17.2. The monoisotopic (exact) mass is 350 g/mol. The van der Waals surface area contributed by atoms with Crippen molar-refractivity contribution in [3.8, 4) is 0 Å². The highest BCUT2D eigenvalue weighted by atomic mass is 35.5. The normalized spacial score (nSPS) is 10.2. The van der Waals surface area contributed by atoms with Gasteiger partial charge in [0.2, 0.25) is 11.8 Å². The topological polar surface area (TPSA) is 75.3 Å². The van der Waals surface area contributed by atoms with Gasteiger partial charge in [0.15, 0.2) is 5.78 Å². The van der Waals surface area contributed by atoms with Gasteiger partial charge in [0, 0.05) is 31.1 Å². The summed E-state index contributed by atoms with van der Waals surface area (Å²) in [5.41, 5.74) is 1.26. The molecule has 0 radical (unpaired) electrons. The quantitative estimate of drug-likeness (QED) is 0.774. The molecule has 23 heavy (non-hydrogen) atoms. The van der Waals surface area contributed by atoms with Crippen molar-refractivity contribution < 1.29 is 14.4 Å². The second-order valence-electron chi connectivity index (χ2n) is 4.83. The lowest BCUT2D eigenvalue weighted by Crippen LogP contribution is -2.13. The zero-order valence-electron chi connectivity index (χ0n) is 12.4. The minimum absolute atomic E-state index is 0.0990. The molecule has 0 bridgehead atoms. The molecule has 0 aliphatic carbocycles. The smallest absolute Gasteiger partial charge is 0.224 e. The standard InChI is InChI=1S/C16H15ClN2O3S/c1-10(20)18-11-2-4-12(5-3-11)19-16(22)9-6-13(21)14-7-8-15(17)23-14/h2-5,7-8H,6,9H2,1H3,(H,18,20)(H,19,22). The summed E-state index contributed by atoms with van der Waals surface area (Å²) in [6.07, 6.45) is 0.231. The van der Waals surface area contributed by atoms with Gasteiger partial charge in [-0.2, -0.15) is 0 Å². The number of hydrogen-bond acceptors (Lipinski definition) is 4. The number of nitrogens with one attached hydrogen (secondary N) is 2. The Morgan fingerprint density at radius 2 is 1.57 bits per heavy atom. The van der Waals surface area contributed by atoms with Crippen molar-refractivity contribution in [2.75, 3.05) is 10.6 Å². The largest absolute Gasteiger partial charge is 0.326 e. The van der Waals surface area contributed by atoms with Crippen LogP contribution in [0.3, 0.4) is 0 Å². The number of halogens is 1. The summed E-state index contributed by atoms with van der Waals surface area (Å²) in [4.78, 5) is 35.2. The summed E-state index contributed by atoms with van der Waals surface area (Å²) in [5.74, 6) is -0.500. The fourth-order valence-electron chi connectivity index (χ4n) is 1.88. The maximum absolute atomic E-state index is 11.9. The molecule has 2 N–H and O–H groups in total. The Kier molecular flexibility index (Phi) is 5.90. The van der Waals surface area contributed by atoms with Crippen LogP contribution in [-0.2, 0) is 9.59 Å². The third-order valence-corrected chi connectivity index (χ3v) is 4.19. The van der Waals surface area contributed by atoms with Crippen LogP contribution >= 0.6 is 22.9 Å². The molecule has 1 aromatic carbocycles. The van der Waals surface area contributed by atoms with Crippen molar-refractivity contribution >= 4 is 51.9 Å². The van der Waals surface area contributed by atoms with Crippen LogP contribution in [0.15, 0.2) is 36.4 Å². The average Bonchev–Trinajstić information content (AvgIpc) is 2.93. The maximum atomic E-state index is 11.9. The van der Waals surface area contributed by atoms with E-state index in [0.717, 1.165) is 0 Å². The van der Waals surface area contributed by atoms with Crippen LogP contribution in [0.25, 0.3) is 0 Å². The summed E-state index contributed by atoms with van der Waals surface area (Å²) in [6, 6.07) is 10.1. The first-order valence-electron chi connectivity index (χ1n) is 6.90. The molecule has 7 heteroatoms. The van der Waals surface area contributed by atoms with E-state index in [0.29, 0.717) is 20.6 Å². The first-order chi connectivity index (χ1) is 10.9. The Morgan fingerprint density at radius 3 is 2.09 bits per heavy atom. The second-order valence-corrected chi connectivity index (χ2v) is 6.55. The van der Waals surface area contributed by atoms with Gasteiger partial charge in [0.1, 0.15) is 0 Å². The fourth-order valence-corrected chi connectivity index (χ4v) is 2.89. The lowest BCUT2D eigenvalue weighted by atomic mass is 10.2. The van der Waals surface area contributed by atoms with Crippen LogP contribution < -0.4 is 10.6 Å². The van der Waals surface area contributed by atoms with Crippen molar-refractivity contribution in [3.05, 3.63) is 45.6 Å². The minimum atomic E-state index is -0.242. The second kappa shape index (κ2) is 7.89. The number of carbonyl (C=O) groups excluding carboxylic acids is 3. The van der Waals surface area contributed by atoms with E-state index in [4.69, 9.17) is 11.6 Å². The van der Waals surface area contributed by atoms with Gasteiger partial charge in [-0.05, 0) is 36.4 Å². The molecule has 2 amide bonds. The zero-order chi connectivity index (χ0) is 16.8. The Hall–Kier alpha value is -2.18. The highest BCUT2D eigenvalue weighted by Gasteiger charge is 2.11. The van der Waals surface area contributed by atoms with Crippen LogP contribution in [0.2, 0.25) is 4.34 Å². The highest BCUT2D eigenvalue weighted by molar-refractivity contribution is 7.18. The van der Waals surface area contributed by atoms with E-state index in [1.54, 1.807) is 36.4 Å². The van der Waals surface area contributed by atoms with Crippen molar-refractivity contribution in [1.82, 2.24) is 0 Å². The molecular weight excluding hydrogens is 336 g/mol. The average molecular weight is 351 g/mol. The summed E-state index contributed by atoms with van der Waals surface area (Å²) >= 11 is 6.99. The lowest BCUT2D eigenvalue weighted by molar-refractivity contribution is -0.116. The van der Waals surface area contributed by atoms with Gasteiger partial charge >= 0.3 is 0 Å². The number of thiophene rings is 1. The molecule has 0 saturated heterocycles. The van der Waals surface area contributed by atoms with E-state index in [1.807, 2.05) is 0 Å². The van der Waals surface area contributed by atoms with Crippen molar-refractivity contribution in [1.29, 1.82) is 0 Å². The first-order valence-corrected chi connectivity index (χ1v) is 8.09. The molecule has 1 aromatic heterocycles. The SMILES string of the molecule is CC(=O)Nc1ccc(NC(=O)CCC(=O)c2ccc(Cl)s2)cc1. The van der Waals surface area contributed by atoms with Gasteiger partial charge in [-0.25, -0.2) is 0 Å². The Balaban J connectivity index is 1.82. The van der Waals surface area contributed by atoms with Crippen molar-refractivity contribution in [3.63, 3.8) is 0 Å². The van der Waals surface area contributed by atoms with Gasteiger partial charge in [-0.1, -0.05) is 11.6 Å². The Morgan fingerprint density at radius 1 is 0.957 bits per heavy atom. The predicted molar refractivity (Wildman–Crippen MR) is 92.3 cm³/mol. The molecule has 0 aliphatic heterocycles. The van der Waals surface area contributed by atoms with E-state index in [1.165, 1.54) is 18.3 Å². The Bertz CT molecular complexity index is 725. The number of ketones is 1. The third kappa shape index (κ3) is 5.50. The fraction of sp³-hybridized carbons (Fsp3) is 0.188. The van der Waals surface area contributed by atoms with E-state index < -0.39 is 0 Å². The zero-order valence-corrected chi connectivity index (χ0v) is 14.0. The molecule has 2 rings (SSSR count). The van der Waals surface area contributed by atoms with Crippen LogP contribution in [0, 0.1) is 0 Å². The molecule has 0 atom stereocenters. The van der Waals surface area contributed by atoms with E-state index in [-0.39, 0.29) is 30.4 Å². The number of benzene rings is 1. The van der Waals surface area contributed by atoms with Crippen LogP contribution in [-0.4, -0.2) is 17.6 Å². The molecule has 2 aromatic rings. The molecule has 0 unspecified atom stereocenters. The van der Waals surface area contributed by atoms with Gasteiger partial charge < -0.3 is 10.6 Å². The predicted octanol–water partition coefficient (Wildman–Crippen LogP) is 3.96. The van der Waals surface area contributed by atoms with E-state index in [9.17, 15) is 14.4 Å². The van der Waals surface area contributed by atoms with Gasteiger partial charge in [0.25, 0.3) is 0 Å². The number of rotatable bonds is 6. The molecule has 0 aliphatic rings. The summed E-state index contributed by atoms with van der Waals surface area (Å²) in [5, 5.41) is 5.35. The number of Topliss-reactive ketones (excluding diaryl/α,β-unsaturated/α-hetero) is 1. The highest BCUT2D eigenvalue weighted by Crippen LogP contribution is 2.23. The molecule has 0 saturated carbocycles. The summed E-state index contributed by atoms with van der Waals surface area (Å²) < 4.78 is 0.553. The summed E-state index contributed by atoms with van der Waals surface area (Å²) in [7, 11) is 0. The van der Waals surface area contributed by atoms with Gasteiger partial charge in [-0.15, -0.1) is 11.3 Å². The van der Waals surface area contributed by atoms with Crippen LogP contribution in [0.1, 0.15) is 29.4 Å². The molecule has 1 heterocycles. The number of anilines is 2. The Labute approximate surface area is 142 Å². The molecule has 5 nitrogen and oxygen atoms in total.